The number of aliphatic hydroxyl groups excluding tert-OH is 1. The monoisotopic (exact) mass is 298 g/mol. The van der Waals surface area contributed by atoms with Gasteiger partial charge in [0.05, 0.1) is 18.9 Å². The summed E-state index contributed by atoms with van der Waals surface area (Å²) in [5, 5.41) is 15.9. The van der Waals surface area contributed by atoms with Gasteiger partial charge in [0.15, 0.2) is 11.5 Å². The lowest BCUT2D eigenvalue weighted by molar-refractivity contribution is 0.0907. The molecule has 0 saturated heterocycles. The maximum Gasteiger partial charge on any atom is 0.274 e. The molecule has 1 unspecified atom stereocenters. The molecule has 22 heavy (non-hydrogen) atoms. The zero-order chi connectivity index (χ0) is 15.4. The number of furan rings is 1. The maximum atomic E-state index is 12.2. The molecule has 0 aliphatic rings. The summed E-state index contributed by atoms with van der Waals surface area (Å²) in [4.78, 5) is 12.2. The molecule has 0 bridgehead atoms. The van der Waals surface area contributed by atoms with E-state index >= 15 is 0 Å². The summed E-state index contributed by atoms with van der Waals surface area (Å²) in [5.41, 5.74) is 0.939. The number of carbonyl (C=O) groups excluding carboxylic acids is 1. The van der Waals surface area contributed by atoms with Crippen LogP contribution in [0.3, 0.4) is 0 Å². The summed E-state index contributed by atoms with van der Waals surface area (Å²) in [6.07, 6.45) is 1.51. The minimum absolute atomic E-state index is 0.126. The van der Waals surface area contributed by atoms with Crippen molar-refractivity contribution in [2.75, 3.05) is 6.61 Å². The zero-order valence-corrected chi connectivity index (χ0v) is 11.6. The Balaban J connectivity index is 1.74. The molecular formula is C16H14N2O4. The van der Waals surface area contributed by atoms with E-state index in [4.69, 9.17) is 8.94 Å². The first kappa shape index (κ1) is 14.1. The average molecular weight is 298 g/mol. The number of hydrogen-bond acceptors (Lipinski definition) is 5. The van der Waals surface area contributed by atoms with E-state index in [-0.39, 0.29) is 12.3 Å². The standard InChI is InChI=1S/C16H14N2O4/c19-10-13(11-5-2-1-3-6-11)17-16(20)12-9-15(22-18-12)14-7-4-8-21-14/h1-9,13,19H,10H2,(H,17,20). The molecule has 2 aromatic heterocycles. The lowest BCUT2D eigenvalue weighted by Gasteiger charge is -2.15. The van der Waals surface area contributed by atoms with E-state index in [9.17, 15) is 9.90 Å². The van der Waals surface area contributed by atoms with Crippen LogP contribution in [0.1, 0.15) is 22.1 Å². The van der Waals surface area contributed by atoms with E-state index in [1.54, 1.807) is 12.1 Å². The number of aromatic nitrogens is 1. The van der Waals surface area contributed by atoms with Gasteiger partial charge in [0.2, 0.25) is 5.76 Å². The number of amides is 1. The van der Waals surface area contributed by atoms with Gasteiger partial charge in [-0.1, -0.05) is 35.5 Å². The minimum atomic E-state index is -0.502. The van der Waals surface area contributed by atoms with Gasteiger partial charge in [0.1, 0.15) is 0 Å². The SMILES string of the molecule is O=C(NC(CO)c1ccccc1)c1cc(-c2ccco2)on1. The lowest BCUT2D eigenvalue weighted by atomic mass is 10.1. The third-order valence-corrected chi connectivity index (χ3v) is 3.20. The summed E-state index contributed by atoms with van der Waals surface area (Å²) < 4.78 is 10.3. The first-order valence-electron chi connectivity index (χ1n) is 6.75. The quantitative estimate of drug-likeness (QED) is 0.755. The van der Waals surface area contributed by atoms with Crippen LogP contribution in [0.5, 0.6) is 0 Å². The molecule has 3 aromatic rings. The van der Waals surface area contributed by atoms with Crippen molar-refractivity contribution in [3.63, 3.8) is 0 Å². The number of nitrogens with one attached hydrogen (secondary N) is 1. The Morgan fingerprint density at radius 3 is 2.68 bits per heavy atom. The molecule has 6 heteroatoms. The number of hydrogen-bond donors (Lipinski definition) is 2. The normalized spacial score (nSPS) is 12.0. The Morgan fingerprint density at radius 1 is 1.18 bits per heavy atom. The van der Waals surface area contributed by atoms with E-state index in [2.05, 4.69) is 10.5 Å². The summed E-state index contributed by atoms with van der Waals surface area (Å²) in [7, 11) is 0. The van der Waals surface area contributed by atoms with Crippen LogP contribution in [0, 0.1) is 0 Å². The van der Waals surface area contributed by atoms with Gasteiger partial charge in [-0.15, -0.1) is 0 Å². The molecule has 6 nitrogen and oxygen atoms in total. The highest BCUT2D eigenvalue weighted by Gasteiger charge is 2.19. The van der Waals surface area contributed by atoms with Crippen LogP contribution in [0.4, 0.5) is 0 Å². The molecule has 1 atom stereocenters. The third kappa shape index (κ3) is 2.91. The van der Waals surface area contributed by atoms with Gasteiger partial charge in [-0.05, 0) is 17.7 Å². The molecule has 0 radical (unpaired) electrons. The Bertz CT molecular complexity index is 735. The minimum Gasteiger partial charge on any atom is -0.461 e. The molecule has 112 valence electrons. The molecule has 0 fully saturated rings. The van der Waals surface area contributed by atoms with Crippen LogP contribution in [0.15, 0.2) is 63.7 Å². The number of carbonyl (C=O) groups is 1. The molecule has 1 aromatic carbocycles. The highest BCUT2D eigenvalue weighted by Crippen LogP contribution is 2.21. The van der Waals surface area contributed by atoms with Gasteiger partial charge >= 0.3 is 0 Å². The first-order valence-corrected chi connectivity index (χ1v) is 6.75. The van der Waals surface area contributed by atoms with Crippen molar-refractivity contribution in [1.82, 2.24) is 10.5 Å². The van der Waals surface area contributed by atoms with Gasteiger partial charge in [0.25, 0.3) is 5.91 Å². The molecule has 2 N–H and O–H groups in total. The van der Waals surface area contributed by atoms with Crippen molar-refractivity contribution in [3.8, 4) is 11.5 Å². The van der Waals surface area contributed by atoms with E-state index < -0.39 is 11.9 Å². The molecule has 1 amide bonds. The van der Waals surface area contributed by atoms with Crippen LogP contribution in [0.2, 0.25) is 0 Å². The number of nitrogens with zero attached hydrogens (tertiary/aromatic N) is 1. The third-order valence-electron chi connectivity index (χ3n) is 3.20. The van der Waals surface area contributed by atoms with Crippen molar-refractivity contribution in [1.29, 1.82) is 0 Å². The van der Waals surface area contributed by atoms with E-state index in [0.717, 1.165) is 5.56 Å². The van der Waals surface area contributed by atoms with Crippen LogP contribution in [-0.4, -0.2) is 22.8 Å². The molecule has 0 saturated carbocycles. The number of aliphatic hydroxyl groups is 1. The highest BCUT2D eigenvalue weighted by atomic mass is 16.5. The van der Waals surface area contributed by atoms with Crippen molar-refractivity contribution >= 4 is 5.91 Å². The van der Waals surface area contributed by atoms with E-state index in [1.165, 1.54) is 12.3 Å². The van der Waals surface area contributed by atoms with Crippen LogP contribution < -0.4 is 5.32 Å². The first-order chi connectivity index (χ1) is 10.8. The average Bonchev–Trinajstić information content (AvgIpc) is 3.23. The molecular weight excluding hydrogens is 284 g/mol. The van der Waals surface area contributed by atoms with Crippen LogP contribution in [-0.2, 0) is 0 Å². The van der Waals surface area contributed by atoms with Gasteiger partial charge in [-0.2, -0.15) is 0 Å². The summed E-state index contributed by atoms with van der Waals surface area (Å²) in [6.45, 7) is -0.210. The molecule has 3 rings (SSSR count). The van der Waals surface area contributed by atoms with Gasteiger partial charge in [-0.3, -0.25) is 4.79 Å². The number of benzene rings is 1. The van der Waals surface area contributed by atoms with Gasteiger partial charge in [-0.25, -0.2) is 0 Å². The van der Waals surface area contributed by atoms with Crippen molar-refractivity contribution < 1.29 is 18.8 Å². The number of rotatable bonds is 5. The molecule has 2 heterocycles. The predicted octanol–water partition coefficient (Wildman–Crippen LogP) is 2.40. The van der Waals surface area contributed by atoms with Crippen molar-refractivity contribution in [2.45, 2.75) is 6.04 Å². The fourth-order valence-electron chi connectivity index (χ4n) is 2.07. The summed E-state index contributed by atoms with van der Waals surface area (Å²) >= 11 is 0. The predicted molar refractivity (Wildman–Crippen MR) is 77.9 cm³/mol. The highest BCUT2D eigenvalue weighted by molar-refractivity contribution is 5.93. The van der Waals surface area contributed by atoms with Gasteiger partial charge in [0, 0.05) is 6.07 Å². The molecule has 0 aliphatic heterocycles. The largest absolute Gasteiger partial charge is 0.461 e. The summed E-state index contributed by atoms with van der Waals surface area (Å²) in [5.74, 6) is 0.438. The van der Waals surface area contributed by atoms with E-state index in [0.29, 0.717) is 11.5 Å². The van der Waals surface area contributed by atoms with Crippen LogP contribution in [0.25, 0.3) is 11.5 Å². The fourth-order valence-corrected chi connectivity index (χ4v) is 2.07. The lowest BCUT2D eigenvalue weighted by Crippen LogP contribution is -2.30. The van der Waals surface area contributed by atoms with Gasteiger partial charge < -0.3 is 19.4 Å². The van der Waals surface area contributed by atoms with Crippen molar-refractivity contribution in [3.05, 3.63) is 66.1 Å². The second kappa shape index (κ2) is 6.28. The Labute approximate surface area is 126 Å². The zero-order valence-electron chi connectivity index (χ0n) is 11.6. The van der Waals surface area contributed by atoms with E-state index in [1.807, 2.05) is 30.3 Å². The van der Waals surface area contributed by atoms with Crippen molar-refractivity contribution in [2.24, 2.45) is 0 Å². The smallest absolute Gasteiger partial charge is 0.274 e. The molecule has 0 aliphatic carbocycles. The fraction of sp³-hybridized carbons (Fsp3) is 0.125. The Morgan fingerprint density at radius 2 is 2.00 bits per heavy atom. The summed E-state index contributed by atoms with van der Waals surface area (Å²) in [6, 6.07) is 13.6. The van der Waals surface area contributed by atoms with Crippen LogP contribution >= 0.6 is 0 Å². The Hall–Kier alpha value is -2.86. The molecule has 0 spiro atoms. The maximum absolute atomic E-state index is 12.2. The topological polar surface area (TPSA) is 88.5 Å². The Kier molecular flexibility index (Phi) is 4.02. The second-order valence-corrected chi connectivity index (χ2v) is 4.67. The second-order valence-electron chi connectivity index (χ2n) is 4.67.